The molecule has 0 aliphatic heterocycles. The number of nitrogens with one attached hydrogen (secondary N) is 1. The molecule has 2 aromatic heterocycles. The monoisotopic (exact) mass is 651 g/mol. The minimum atomic E-state index is -4.13. The van der Waals surface area contributed by atoms with Crippen molar-refractivity contribution in [1.29, 1.82) is 0 Å². The summed E-state index contributed by atoms with van der Waals surface area (Å²) in [5.74, 6) is -0.758. The van der Waals surface area contributed by atoms with E-state index in [1.165, 1.54) is 21.4 Å². The summed E-state index contributed by atoms with van der Waals surface area (Å²) in [6.07, 6.45) is 0.909. The lowest BCUT2D eigenvalue weighted by molar-refractivity contribution is 0.0981. The van der Waals surface area contributed by atoms with Crippen LogP contribution in [0.3, 0.4) is 0 Å². The van der Waals surface area contributed by atoms with Crippen molar-refractivity contribution >= 4 is 53.2 Å². The summed E-state index contributed by atoms with van der Waals surface area (Å²) in [5.41, 5.74) is 5.06. The second kappa shape index (κ2) is 11.5. The van der Waals surface area contributed by atoms with Crippen LogP contribution in [0.2, 0.25) is 0 Å². The van der Waals surface area contributed by atoms with Crippen LogP contribution in [0.15, 0.2) is 113 Å². The van der Waals surface area contributed by atoms with E-state index in [1.54, 1.807) is 60.7 Å². The number of hydrogen-bond acceptors (Lipinski definition) is 6. The van der Waals surface area contributed by atoms with E-state index in [4.69, 9.17) is 6.57 Å². The topological polar surface area (TPSA) is 107 Å². The van der Waals surface area contributed by atoms with Crippen LogP contribution in [0.25, 0.3) is 49.3 Å². The molecule has 0 aliphatic carbocycles. The zero-order valence-electron chi connectivity index (χ0n) is 24.1. The van der Waals surface area contributed by atoms with E-state index in [-0.39, 0.29) is 10.5 Å². The SMILES string of the molecule is [C-]#[N+]c1sccc1-c1c(-c2cccc(-c3cccc(C(=O)NS(C)(=O)=O)c3)c2)n(S(=O)(=O)c2ccc(C)cc2)c2ccccc12. The number of thiophene rings is 1. The first-order valence-corrected chi connectivity index (χ1v) is 17.8. The van der Waals surface area contributed by atoms with E-state index >= 15 is 0 Å². The number of aryl methyl sites for hydroxylation is 1. The Hall–Kier alpha value is -5.02. The van der Waals surface area contributed by atoms with Crippen LogP contribution in [0.5, 0.6) is 0 Å². The molecule has 45 heavy (non-hydrogen) atoms. The average Bonchev–Trinajstić information content (AvgIpc) is 3.63. The van der Waals surface area contributed by atoms with Crippen LogP contribution in [0, 0.1) is 13.5 Å². The highest BCUT2D eigenvalue weighted by Gasteiger charge is 2.30. The lowest BCUT2D eigenvalue weighted by Crippen LogP contribution is -2.29. The first-order chi connectivity index (χ1) is 21.5. The molecule has 0 radical (unpaired) electrons. The summed E-state index contributed by atoms with van der Waals surface area (Å²) in [5, 5.41) is 2.93. The molecule has 0 saturated carbocycles. The Kier molecular flexibility index (Phi) is 7.66. The molecule has 2 heterocycles. The lowest BCUT2D eigenvalue weighted by Gasteiger charge is -2.15. The van der Waals surface area contributed by atoms with Gasteiger partial charge in [-0.25, -0.2) is 30.4 Å². The zero-order chi connectivity index (χ0) is 31.9. The molecule has 8 nitrogen and oxygen atoms in total. The molecule has 6 aromatic rings. The van der Waals surface area contributed by atoms with E-state index in [9.17, 15) is 21.6 Å². The highest BCUT2D eigenvalue weighted by atomic mass is 32.2. The van der Waals surface area contributed by atoms with Crippen molar-refractivity contribution in [3.63, 3.8) is 0 Å². The molecule has 0 spiro atoms. The maximum absolute atomic E-state index is 14.5. The molecule has 1 amide bonds. The highest BCUT2D eigenvalue weighted by Crippen LogP contribution is 2.48. The molecule has 4 aromatic carbocycles. The van der Waals surface area contributed by atoms with Gasteiger partial charge < -0.3 is 0 Å². The van der Waals surface area contributed by atoms with Gasteiger partial charge in [0.2, 0.25) is 15.0 Å². The first-order valence-electron chi connectivity index (χ1n) is 13.6. The minimum absolute atomic E-state index is 0.123. The average molecular weight is 652 g/mol. The number of fused-ring (bicyclic) bond motifs is 1. The fourth-order valence-electron chi connectivity index (χ4n) is 5.30. The van der Waals surface area contributed by atoms with Crippen molar-refractivity contribution < 1.29 is 21.6 Å². The highest BCUT2D eigenvalue weighted by molar-refractivity contribution is 7.90. The molecule has 0 atom stereocenters. The van der Waals surface area contributed by atoms with Crippen molar-refractivity contribution in [3.8, 4) is 33.5 Å². The van der Waals surface area contributed by atoms with E-state index in [0.717, 1.165) is 11.8 Å². The number of amides is 1. The number of aromatic nitrogens is 1. The van der Waals surface area contributed by atoms with Crippen LogP contribution >= 0.6 is 11.3 Å². The Labute approximate surface area is 265 Å². The molecular formula is C34H25N3O5S3. The third kappa shape index (κ3) is 5.67. The van der Waals surface area contributed by atoms with Gasteiger partial charge in [-0.15, -0.1) is 0 Å². The lowest BCUT2D eigenvalue weighted by atomic mass is 9.96. The Morgan fingerprint density at radius 2 is 1.49 bits per heavy atom. The smallest absolute Gasteiger partial charge is 0.268 e. The van der Waals surface area contributed by atoms with E-state index in [0.29, 0.717) is 49.4 Å². The molecule has 0 fully saturated rings. The number of nitrogens with zero attached hydrogens (tertiary/aromatic N) is 2. The number of benzene rings is 4. The van der Waals surface area contributed by atoms with Gasteiger partial charge >= 0.3 is 0 Å². The van der Waals surface area contributed by atoms with Crippen LogP contribution < -0.4 is 4.72 Å². The van der Waals surface area contributed by atoms with Gasteiger partial charge in [-0.3, -0.25) is 4.79 Å². The van der Waals surface area contributed by atoms with Gasteiger partial charge in [-0.2, -0.15) is 11.3 Å². The van der Waals surface area contributed by atoms with Gasteiger partial charge in [0.05, 0.1) is 28.9 Å². The fraction of sp³-hybridized carbons (Fsp3) is 0.0588. The molecule has 11 heteroatoms. The Bertz CT molecular complexity index is 2380. The summed E-state index contributed by atoms with van der Waals surface area (Å²) in [7, 11) is -7.89. The molecule has 1 N–H and O–H groups in total. The van der Waals surface area contributed by atoms with Crippen LogP contribution in [-0.2, 0) is 20.0 Å². The summed E-state index contributed by atoms with van der Waals surface area (Å²) < 4.78 is 55.6. The Balaban J connectivity index is 1.63. The maximum atomic E-state index is 14.5. The van der Waals surface area contributed by atoms with E-state index < -0.39 is 26.0 Å². The van der Waals surface area contributed by atoms with Crippen molar-refractivity contribution in [3.05, 3.63) is 131 Å². The van der Waals surface area contributed by atoms with Crippen molar-refractivity contribution in [2.45, 2.75) is 11.8 Å². The van der Waals surface area contributed by atoms with E-state index in [2.05, 4.69) is 4.85 Å². The standard InChI is InChI=1S/C34H25N3O5S3/c1-22-14-16-27(17-15-22)45(41,42)37-30-13-5-4-12-28(30)31(29-18-19-43-34(29)35-2)32(37)25-10-6-8-23(20-25)24-9-7-11-26(21-24)33(38)36-44(3,39)40/h4-21H,1,3H3,(H,36,38). The summed E-state index contributed by atoms with van der Waals surface area (Å²) in [4.78, 5) is 16.5. The van der Waals surface area contributed by atoms with Gasteiger partial charge in [-0.1, -0.05) is 72.3 Å². The quantitative estimate of drug-likeness (QED) is 0.180. The maximum Gasteiger partial charge on any atom is 0.268 e. The number of carbonyl (C=O) groups is 1. The normalized spacial score (nSPS) is 11.8. The molecule has 224 valence electrons. The molecule has 0 saturated heterocycles. The minimum Gasteiger partial charge on any atom is -0.268 e. The number of rotatable bonds is 7. The van der Waals surface area contributed by atoms with Crippen LogP contribution in [0.4, 0.5) is 5.00 Å². The largest absolute Gasteiger partial charge is 0.268 e. The van der Waals surface area contributed by atoms with Crippen LogP contribution in [-0.4, -0.2) is 33.0 Å². The fourth-order valence-corrected chi connectivity index (χ4v) is 7.99. The number of hydrogen-bond donors (Lipinski definition) is 1. The third-order valence-corrected chi connectivity index (χ3v) is 10.4. The van der Waals surface area contributed by atoms with Crippen molar-refractivity contribution in [1.82, 2.24) is 8.69 Å². The van der Waals surface area contributed by atoms with Gasteiger partial charge in [0.15, 0.2) is 0 Å². The van der Waals surface area contributed by atoms with Gasteiger partial charge in [-0.05, 0) is 59.8 Å². The summed E-state index contributed by atoms with van der Waals surface area (Å²) in [6.45, 7) is 9.70. The van der Waals surface area contributed by atoms with Gasteiger partial charge in [0.25, 0.3) is 15.9 Å². The van der Waals surface area contributed by atoms with Crippen molar-refractivity contribution in [2.75, 3.05) is 6.26 Å². The number of carbonyl (C=O) groups excluding carboxylic acids is 1. The van der Waals surface area contributed by atoms with Crippen LogP contribution in [0.1, 0.15) is 15.9 Å². The predicted molar refractivity (Wildman–Crippen MR) is 178 cm³/mol. The van der Waals surface area contributed by atoms with E-state index in [1.807, 2.05) is 53.4 Å². The van der Waals surface area contributed by atoms with Gasteiger partial charge in [0, 0.05) is 27.6 Å². The molecule has 6 rings (SSSR count). The van der Waals surface area contributed by atoms with Crippen molar-refractivity contribution in [2.24, 2.45) is 0 Å². The summed E-state index contributed by atoms with van der Waals surface area (Å²) in [6, 6.07) is 29.5. The number of sulfonamides is 1. The van der Waals surface area contributed by atoms with Gasteiger partial charge in [0.1, 0.15) is 0 Å². The predicted octanol–water partition coefficient (Wildman–Crippen LogP) is 7.49. The molecule has 0 aliphatic rings. The number of para-hydroxylation sites is 1. The first kappa shape index (κ1) is 30.0. The second-order valence-electron chi connectivity index (χ2n) is 10.4. The Morgan fingerprint density at radius 3 is 2.20 bits per heavy atom. The zero-order valence-corrected chi connectivity index (χ0v) is 26.5. The molecular weight excluding hydrogens is 627 g/mol. The second-order valence-corrected chi connectivity index (χ2v) is 14.9. The summed E-state index contributed by atoms with van der Waals surface area (Å²) >= 11 is 1.29. The molecule has 0 unspecified atom stereocenters. The molecule has 0 bridgehead atoms. The Morgan fingerprint density at radius 1 is 0.822 bits per heavy atom. The third-order valence-electron chi connectivity index (χ3n) is 7.28.